The largest absolute Gasteiger partial charge is 0.251 e. The fourth-order valence-corrected chi connectivity index (χ4v) is 0.344. The maximum Gasteiger partial charge on any atom is 0.0894 e. The van der Waals surface area contributed by atoms with Crippen molar-refractivity contribution in [1.29, 1.82) is 0 Å². The van der Waals surface area contributed by atoms with Crippen molar-refractivity contribution in [3.63, 3.8) is 0 Å². The highest BCUT2D eigenvalue weighted by molar-refractivity contribution is 4.31. The van der Waals surface area contributed by atoms with Crippen molar-refractivity contribution in [3.05, 3.63) is 13.2 Å². The Morgan fingerprint density at radius 3 is 1.88 bits per heavy atom. The molecule has 8 heavy (non-hydrogen) atoms. The zero-order chi connectivity index (χ0) is 6.83. The summed E-state index contributed by atoms with van der Waals surface area (Å²) < 4.78 is 11.2. The lowest BCUT2D eigenvalue weighted by molar-refractivity contribution is 0.460. The first-order valence-electron chi connectivity index (χ1n) is 2.97. The molecular formula is C7H15F. The third kappa shape index (κ3) is 17.3. The van der Waals surface area contributed by atoms with Crippen molar-refractivity contribution in [2.75, 3.05) is 6.67 Å². The van der Waals surface area contributed by atoms with Crippen LogP contribution < -0.4 is 0 Å². The fourth-order valence-electron chi connectivity index (χ4n) is 0.344. The molecule has 0 nitrogen and oxygen atoms in total. The van der Waals surface area contributed by atoms with E-state index < -0.39 is 0 Å². The van der Waals surface area contributed by atoms with Crippen molar-refractivity contribution < 1.29 is 4.39 Å². The predicted octanol–water partition coefficient (Wildman–Crippen LogP) is 2.95. The minimum atomic E-state index is -0.145. The Balaban J connectivity index is 0. The Kier molecular flexibility index (Phi) is 21.1. The van der Waals surface area contributed by atoms with E-state index in [1.807, 2.05) is 0 Å². The van der Waals surface area contributed by atoms with Crippen LogP contribution in [0.3, 0.4) is 0 Å². The predicted molar refractivity (Wildman–Crippen MR) is 36.8 cm³/mol. The molecule has 0 rings (SSSR count). The van der Waals surface area contributed by atoms with Crippen LogP contribution in [0.15, 0.2) is 13.2 Å². The van der Waals surface area contributed by atoms with Crippen molar-refractivity contribution in [3.8, 4) is 0 Å². The highest BCUT2D eigenvalue weighted by Crippen LogP contribution is 1.91. The number of unbranched alkanes of at least 4 members (excludes halogenated alkanes) is 2. The van der Waals surface area contributed by atoms with Crippen LogP contribution in [0, 0.1) is 0 Å². The molecule has 0 aliphatic carbocycles. The molecule has 0 aliphatic rings. The lowest BCUT2D eigenvalue weighted by Crippen LogP contribution is -1.72. The van der Waals surface area contributed by atoms with E-state index in [-0.39, 0.29) is 6.67 Å². The minimum Gasteiger partial charge on any atom is -0.251 e. The molecule has 0 amide bonds. The molecule has 0 heterocycles. The molecule has 50 valence electrons. The number of halogens is 1. The number of alkyl halides is 1. The zero-order valence-corrected chi connectivity index (χ0v) is 5.62. The van der Waals surface area contributed by atoms with Gasteiger partial charge in [0, 0.05) is 0 Å². The Labute approximate surface area is 51.4 Å². The Bertz CT molecular complexity index is 23.6. The molecule has 1 heteroatoms. The first-order valence-corrected chi connectivity index (χ1v) is 2.97. The normalized spacial score (nSPS) is 7.25. The second kappa shape index (κ2) is 15.9. The summed E-state index contributed by atoms with van der Waals surface area (Å²) in [7, 11) is 0. The minimum absolute atomic E-state index is 0.145. The summed E-state index contributed by atoms with van der Waals surface area (Å²) in [5.41, 5.74) is 0. The maximum atomic E-state index is 11.2. The van der Waals surface area contributed by atoms with Gasteiger partial charge in [0.25, 0.3) is 0 Å². The first kappa shape index (κ1) is 10.6. The van der Waals surface area contributed by atoms with Crippen molar-refractivity contribution in [1.82, 2.24) is 0 Å². The Hall–Kier alpha value is -0.330. The highest BCUT2D eigenvalue weighted by atomic mass is 19.1. The SMILES string of the molecule is C=C.CCCCCF. The molecule has 0 aromatic carbocycles. The molecule has 0 fully saturated rings. The van der Waals surface area contributed by atoms with Gasteiger partial charge in [-0.2, -0.15) is 0 Å². The van der Waals surface area contributed by atoms with Gasteiger partial charge in [-0.25, -0.2) is 0 Å². The summed E-state index contributed by atoms with van der Waals surface area (Å²) >= 11 is 0. The van der Waals surface area contributed by atoms with Gasteiger partial charge in [-0.15, -0.1) is 13.2 Å². The number of hydrogen-bond donors (Lipinski definition) is 0. The van der Waals surface area contributed by atoms with Crippen LogP contribution in [0.2, 0.25) is 0 Å². The molecule has 0 saturated carbocycles. The van der Waals surface area contributed by atoms with Crippen molar-refractivity contribution >= 4 is 0 Å². The lowest BCUT2D eigenvalue weighted by atomic mass is 10.3. The summed E-state index contributed by atoms with van der Waals surface area (Å²) in [6.45, 7) is 7.92. The van der Waals surface area contributed by atoms with Gasteiger partial charge < -0.3 is 0 Å². The van der Waals surface area contributed by atoms with Crippen LogP contribution >= 0.6 is 0 Å². The third-order valence-corrected chi connectivity index (χ3v) is 0.737. The average Bonchev–Trinajstić information content (AvgIpc) is 1.88. The lowest BCUT2D eigenvalue weighted by Gasteiger charge is -1.84. The molecular weight excluding hydrogens is 103 g/mol. The molecule has 0 aromatic rings. The summed E-state index contributed by atoms with van der Waals surface area (Å²) in [6.07, 6.45) is 2.90. The average molecular weight is 118 g/mol. The van der Waals surface area contributed by atoms with Gasteiger partial charge in [-0.05, 0) is 6.42 Å². The highest BCUT2D eigenvalue weighted by Gasteiger charge is 1.78. The van der Waals surface area contributed by atoms with E-state index in [9.17, 15) is 4.39 Å². The quantitative estimate of drug-likeness (QED) is 0.395. The topological polar surface area (TPSA) is 0 Å². The number of rotatable bonds is 3. The summed E-state index contributed by atoms with van der Waals surface area (Å²) in [5, 5.41) is 0. The third-order valence-electron chi connectivity index (χ3n) is 0.737. The van der Waals surface area contributed by atoms with E-state index in [4.69, 9.17) is 0 Å². The summed E-state index contributed by atoms with van der Waals surface area (Å²) in [6, 6.07) is 0. The van der Waals surface area contributed by atoms with Crippen molar-refractivity contribution in [2.45, 2.75) is 26.2 Å². The van der Waals surface area contributed by atoms with E-state index in [1.54, 1.807) is 0 Å². The van der Waals surface area contributed by atoms with Crippen LogP contribution in [0.4, 0.5) is 4.39 Å². The standard InChI is InChI=1S/C5H11F.C2H4/c1-2-3-4-5-6;1-2/h2-5H2,1H3;1-2H2. The van der Waals surface area contributed by atoms with Gasteiger partial charge in [0.1, 0.15) is 0 Å². The van der Waals surface area contributed by atoms with Crippen LogP contribution in [-0.2, 0) is 0 Å². The molecule has 0 unspecified atom stereocenters. The summed E-state index contributed by atoms with van der Waals surface area (Å²) in [5.74, 6) is 0. The Morgan fingerprint density at radius 1 is 1.25 bits per heavy atom. The van der Waals surface area contributed by atoms with Crippen LogP contribution in [-0.4, -0.2) is 6.67 Å². The van der Waals surface area contributed by atoms with Gasteiger partial charge in [0.15, 0.2) is 0 Å². The summed E-state index contributed by atoms with van der Waals surface area (Å²) in [4.78, 5) is 0. The van der Waals surface area contributed by atoms with Crippen LogP contribution in [0.25, 0.3) is 0 Å². The second-order valence-electron chi connectivity index (χ2n) is 1.40. The zero-order valence-electron chi connectivity index (χ0n) is 5.62. The molecule has 0 atom stereocenters. The smallest absolute Gasteiger partial charge is 0.0894 e. The maximum absolute atomic E-state index is 11.2. The van der Waals surface area contributed by atoms with E-state index in [2.05, 4.69) is 20.1 Å². The molecule has 0 saturated heterocycles. The van der Waals surface area contributed by atoms with Gasteiger partial charge in [0.05, 0.1) is 6.67 Å². The molecule has 0 spiro atoms. The molecule has 0 aliphatic heterocycles. The van der Waals surface area contributed by atoms with Gasteiger partial charge in [-0.3, -0.25) is 4.39 Å². The molecule has 0 radical (unpaired) electrons. The van der Waals surface area contributed by atoms with E-state index >= 15 is 0 Å². The van der Waals surface area contributed by atoms with E-state index in [0.717, 1.165) is 19.3 Å². The number of hydrogen-bond acceptors (Lipinski definition) is 0. The monoisotopic (exact) mass is 118 g/mol. The Morgan fingerprint density at radius 2 is 1.75 bits per heavy atom. The van der Waals surface area contributed by atoms with E-state index in [0.29, 0.717) is 0 Å². The second-order valence-corrected chi connectivity index (χ2v) is 1.40. The van der Waals surface area contributed by atoms with E-state index in [1.165, 1.54) is 0 Å². The molecule has 0 bridgehead atoms. The van der Waals surface area contributed by atoms with Gasteiger partial charge >= 0.3 is 0 Å². The molecule has 0 aromatic heterocycles. The first-order chi connectivity index (χ1) is 3.91. The van der Waals surface area contributed by atoms with Crippen molar-refractivity contribution in [2.24, 2.45) is 0 Å². The fraction of sp³-hybridized carbons (Fsp3) is 0.714. The molecule has 0 N–H and O–H groups in total. The van der Waals surface area contributed by atoms with Gasteiger partial charge in [-0.1, -0.05) is 19.8 Å². The van der Waals surface area contributed by atoms with Crippen LogP contribution in [0.5, 0.6) is 0 Å². The van der Waals surface area contributed by atoms with Gasteiger partial charge in [0.2, 0.25) is 0 Å². The van der Waals surface area contributed by atoms with Crippen LogP contribution in [0.1, 0.15) is 26.2 Å².